The van der Waals surface area contributed by atoms with Gasteiger partial charge in [0.25, 0.3) is 5.56 Å². The molecule has 5 rings (SSSR count). The van der Waals surface area contributed by atoms with E-state index in [1.165, 1.54) is 13.2 Å². The van der Waals surface area contributed by atoms with Crippen molar-refractivity contribution in [2.45, 2.75) is 19.4 Å². The summed E-state index contributed by atoms with van der Waals surface area (Å²) in [6.45, 7) is 2.20. The molecule has 2 N–H and O–H groups in total. The molecular formula is C25H20Cl2N2O6. The van der Waals surface area contributed by atoms with Gasteiger partial charge < -0.3 is 29.2 Å². The van der Waals surface area contributed by atoms with Gasteiger partial charge in [-0.25, -0.2) is 4.79 Å². The smallest absolute Gasteiger partial charge is 0.340 e. The Morgan fingerprint density at radius 2 is 1.89 bits per heavy atom. The van der Waals surface area contributed by atoms with Gasteiger partial charge in [-0.05, 0) is 42.3 Å². The average Bonchev–Trinajstić information content (AvgIpc) is 3.28. The Hall–Kier alpha value is -3.62. The molecule has 10 heteroatoms. The number of nitrogens with two attached hydrogens (primary N) is 1. The average molecular weight is 515 g/mol. The highest BCUT2D eigenvalue weighted by Gasteiger charge is 2.39. The van der Waals surface area contributed by atoms with Crippen LogP contribution in [0.1, 0.15) is 28.3 Å². The third kappa shape index (κ3) is 3.98. The Morgan fingerprint density at radius 3 is 2.63 bits per heavy atom. The number of ether oxygens (including phenoxy) is 4. The van der Waals surface area contributed by atoms with E-state index in [0.29, 0.717) is 27.8 Å². The lowest BCUT2D eigenvalue weighted by Gasteiger charge is -2.29. The minimum absolute atomic E-state index is 0.0141. The first-order valence-electron chi connectivity index (χ1n) is 10.6. The van der Waals surface area contributed by atoms with E-state index < -0.39 is 11.9 Å². The number of methoxy groups -OCH3 is 1. The van der Waals surface area contributed by atoms with Crippen molar-refractivity contribution in [1.82, 2.24) is 4.57 Å². The van der Waals surface area contributed by atoms with Crippen molar-refractivity contribution in [1.29, 1.82) is 0 Å². The van der Waals surface area contributed by atoms with Crippen LogP contribution >= 0.6 is 23.2 Å². The molecule has 0 aliphatic carbocycles. The molecule has 8 nitrogen and oxygen atoms in total. The molecule has 2 aliphatic heterocycles. The lowest BCUT2D eigenvalue weighted by Crippen LogP contribution is -2.35. The van der Waals surface area contributed by atoms with Crippen LogP contribution in [-0.2, 0) is 16.1 Å². The van der Waals surface area contributed by atoms with Crippen LogP contribution in [0.15, 0.2) is 58.7 Å². The lowest BCUT2D eigenvalue weighted by molar-refractivity contribution is -0.136. The Morgan fingerprint density at radius 1 is 1.11 bits per heavy atom. The number of carbonyl (C=O) groups excluding carboxylic acids is 1. The van der Waals surface area contributed by atoms with E-state index in [4.69, 9.17) is 47.9 Å². The summed E-state index contributed by atoms with van der Waals surface area (Å²) < 4.78 is 23.1. The topological polar surface area (TPSA) is 102 Å². The fourth-order valence-electron chi connectivity index (χ4n) is 4.36. The minimum Gasteiger partial charge on any atom is -0.465 e. The van der Waals surface area contributed by atoms with Crippen LogP contribution in [-0.4, -0.2) is 24.4 Å². The number of aromatic nitrogens is 1. The fourth-order valence-corrected chi connectivity index (χ4v) is 4.88. The molecule has 1 aromatic heterocycles. The van der Waals surface area contributed by atoms with Gasteiger partial charge in [-0.15, -0.1) is 0 Å². The van der Waals surface area contributed by atoms with Gasteiger partial charge in [0.05, 0.1) is 25.1 Å². The normalized spacial score (nSPS) is 16.1. The maximum atomic E-state index is 13.9. The molecule has 1 atom stereocenters. The van der Waals surface area contributed by atoms with E-state index in [0.717, 1.165) is 5.56 Å². The molecule has 0 radical (unpaired) electrons. The van der Waals surface area contributed by atoms with E-state index in [1.807, 2.05) is 12.1 Å². The second-order valence-electron chi connectivity index (χ2n) is 8.11. The molecule has 0 bridgehead atoms. The number of pyridine rings is 1. The highest BCUT2D eigenvalue weighted by Crippen LogP contribution is 2.44. The van der Waals surface area contributed by atoms with Gasteiger partial charge in [0.1, 0.15) is 11.3 Å². The first-order chi connectivity index (χ1) is 16.8. The summed E-state index contributed by atoms with van der Waals surface area (Å²) in [5, 5.41) is 0.679. The second kappa shape index (κ2) is 8.87. The van der Waals surface area contributed by atoms with Gasteiger partial charge in [0, 0.05) is 21.8 Å². The Kier molecular flexibility index (Phi) is 5.86. The number of esters is 1. The molecule has 180 valence electrons. The molecule has 0 spiro atoms. The standard InChI is InChI=1S/C25H20Cl2N2O6/c1-12-7-19-21(24(30)29(12)10-13-3-6-17-18(8-13)34-11-33-17)20(15-5-4-14(26)9-16(15)27)22(23(28)35-19)25(31)32-2/h3-9,20H,10-11,28H2,1-2H3/t20-/m1/s1. The van der Waals surface area contributed by atoms with Crippen LogP contribution in [0.5, 0.6) is 17.2 Å². The highest BCUT2D eigenvalue weighted by molar-refractivity contribution is 6.35. The summed E-state index contributed by atoms with van der Waals surface area (Å²) in [6, 6.07) is 12.0. The number of hydrogen-bond donors (Lipinski definition) is 1. The summed E-state index contributed by atoms with van der Waals surface area (Å²) in [4.78, 5) is 26.7. The van der Waals surface area contributed by atoms with Crippen LogP contribution in [0.2, 0.25) is 10.0 Å². The summed E-state index contributed by atoms with van der Waals surface area (Å²) in [5.74, 6) is -0.303. The van der Waals surface area contributed by atoms with Gasteiger partial charge in [0.15, 0.2) is 11.5 Å². The Balaban J connectivity index is 1.69. The summed E-state index contributed by atoms with van der Waals surface area (Å²) in [7, 11) is 1.23. The van der Waals surface area contributed by atoms with Crippen molar-refractivity contribution >= 4 is 29.2 Å². The predicted molar refractivity (Wildman–Crippen MR) is 129 cm³/mol. The maximum absolute atomic E-state index is 13.9. The number of hydrogen-bond acceptors (Lipinski definition) is 7. The summed E-state index contributed by atoms with van der Waals surface area (Å²) >= 11 is 12.6. The number of nitrogens with zero attached hydrogens (tertiary/aromatic N) is 1. The van der Waals surface area contributed by atoms with Gasteiger partial charge >= 0.3 is 5.97 Å². The van der Waals surface area contributed by atoms with Crippen LogP contribution in [0.3, 0.4) is 0 Å². The molecule has 35 heavy (non-hydrogen) atoms. The van der Waals surface area contributed by atoms with Gasteiger partial charge in [-0.3, -0.25) is 4.79 Å². The zero-order valence-corrected chi connectivity index (χ0v) is 20.3. The number of rotatable bonds is 4. The zero-order valence-electron chi connectivity index (χ0n) is 18.8. The van der Waals surface area contributed by atoms with Crippen LogP contribution in [0.25, 0.3) is 0 Å². The molecule has 3 heterocycles. The van der Waals surface area contributed by atoms with Crippen LogP contribution in [0, 0.1) is 6.92 Å². The fraction of sp³-hybridized carbons (Fsp3) is 0.200. The van der Waals surface area contributed by atoms with Gasteiger partial charge in [0.2, 0.25) is 12.7 Å². The van der Waals surface area contributed by atoms with Gasteiger partial charge in [-0.2, -0.15) is 0 Å². The molecule has 0 saturated carbocycles. The molecule has 0 unspecified atom stereocenters. The van der Waals surface area contributed by atoms with Crippen LogP contribution < -0.4 is 25.5 Å². The molecular weight excluding hydrogens is 495 g/mol. The zero-order chi connectivity index (χ0) is 24.9. The molecule has 0 fully saturated rings. The number of aryl methyl sites for hydroxylation is 1. The number of carbonyl (C=O) groups is 1. The van der Waals surface area contributed by atoms with Crippen LogP contribution in [0.4, 0.5) is 0 Å². The van der Waals surface area contributed by atoms with Gasteiger partial charge in [-0.1, -0.05) is 35.3 Å². The van der Waals surface area contributed by atoms with Crippen molar-refractivity contribution in [3.05, 3.63) is 96.7 Å². The predicted octanol–water partition coefficient (Wildman–Crippen LogP) is 4.11. The third-order valence-corrected chi connectivity index (χ3v) is 6.59. The first kappa shape index (κ1) is 23.1. The molecule has 2 aromatic carbocycles. The number of benzene rings is 2. The molecule has 0 amide bonds. The SMILES string of the molecule is COC(=O)C1=C(N)Oc2cc(C)n(Cc3ccc4c(c3)OCO4)c(=O)c2[C@H]1c1ccc(Cl)cc1Cl. The van der Waals surface area contributed by atoms with Crippen molar-refractivity contribution in [3.8, 4) is 17.2 Å². The molecule has 2 aliphatic rings. The minimum atomic E-state index is -0.924. The van der Waals surface area contributed by atoms with Crippen molar-refractivity contribution in [3.63, 3.8) is 0 Å². The van der Waals surface area contributed by atoms with E-state index >= 15 is 0 Å². The largest absolute Gasteiger partial charge is 0.465 e. The maximum Gasteiger partial charge on any atom is 0.340 e. The quantitative estimate of drug-likeness (QED) is 0.522. The third-order valence-electron chi connectivity index (χ3n) is 6.03. The number of halogens is 2. The van der Waals surface area contributed by atoms with E-state index in [2.05, 4.69) is 0 Å². The number of fused-ring (bicyclic) bond motifs is 2. The summed E-state index contributed by atoms with van der Waals surface area (Å²) in [6.07, 6.45) is 0. The monoisotopic (exact) mass is 514 g/mol. The highest BCUT2D eigenvalue weighted by atomic mass is 35.5. The Labute approximate surface area is 210 Å². The molecule has 3 aromatic rings. The molecule has 0 saturated heterocycles. The van der Waals surface area contributed by atoms with Crippen molar-refractivity contribution in [2.75, 3.05) is 13.9 Å². The first-order valence-corrected chi connectivity index (χ1v) is 11.4. The lowest BCUT2D eigenvalue weighted by atomic mass is 9.83. The van der Waals surface area contributed by atoms with Crippen molar-refractivity contribution < 1.29 is 23.7 Å². The van der Waals surface area contributed by atoms with Crippen molar-refractivity contribution in [2.24, 2.45) is 5.73 Å². The van der Waals surface area contributed by atoms with E-state index in [-0.39, 0.29) is 46.7 Å². The Bertz CT molecular complexity index is 1460. The second-order valence-corrected chi connectivity index (χ2v) is 8.96. The van der Waals surface area contributed by atoms with E-state index in [9.17, 15) is 9.59 Å². The summed E-state index contributed by atoms with van der Waals surface area (Å²) in [5.41, 5.74) is 7.94. The van der Waals surface area contributed by atoms with E-state index in [1.54, 1.807) is 35.8 Å².